The van der Waals surface area contributed by atoms with Crippen LogP contribution in [0.5, 0.6) is 0 Å². The predicted octanol–water partition coefficient (Wildman–Crippen LogP) is 2.34. The summed E-state index contributed by atoms with van der Waals surface area (Å²) in [6.07, 6.45) is -1.38. The highest BCUT2D eigenvalue weighted by Gasteiger charge is 2.16. The molecule has 0 N–H and O–H groups in total. The number of nitrogens with zero attached hydrogens (tertiary/aromatic N) is 1. The van der Waals surface area contributed by atoms with E-state index in [1.165, 1.54) is 19.4 Å². The normalized spacial score (nSPS) is 10.5. The number of alkyl halides is 2. The van der Waals surface area contributed by atoms with Crippen molar-refractivity contribution in [3.05, 3.63) is 27.1 Å². The molecule has 82 valence electrons. The highest BCUT2D eigenvalue weighted by Crippen LogP contribution is 2.25. The van der Waals surface area contributed by atoms with Crippen LogP contribution in [-0.4, -0.2) is 18.1 Å². The summed E-state index contributed by atoms with van der Waals surface area (Å²) in [5.74, 6) is -0.494. The van der Waals surface area contributed by atoms with Gasteiger partial charge in [0.1, 0.15) is 0 Å². The summed E-state index contributed by atoms with van der Waals surface area (Å²) >= 11 is 1.76. The predicted molar refractivity (Wildman–Crippen MR) is 57.6 cm³/mol. The van der Waals surface area contributed by atoms with E-state index >= 15 is 0 Å². The molecule has 0 amide bonds. The van der Waals surface area contributed by atoms with Crippen LogP contribution >= 0.6 is 22.6 Å². The molecule has 0 radical (unpaired) electrons. The summed E-state index contributed by atoms with van der Waals surface area (Å²) in [4.78, 5) is 14.8. The third-order valence-electron chi connectivity index (χ3n) is 1.77. The Morgan fingerprint density at radius 3 is 2.87 bits per heavy atom. The Bertz CT molecular complexity index is 371. The lowest BCUT2D eigenvalue weighted by Gasteiger charge is -2.07. The van der Waals surface area contributed by atoms with E-state index < -0.39 is 12.4 Å². The average molecular weight is 327 g/mol. The lowest BCUT2D eigenvalue weighted by molar-refractivity contribution is -0.139. The lowest BCUT2D eigenvalue weighted by atomic mass is 10.2. The van der Waals surface area contributed by atoms with Crippen molar-refractivity contribution >= 4 is 28.6 Å². The first-order chi connectivity index (χ1) is 7.06. The van der Waals surface area contributed by atoms with E-state index in [1.54, 1.807) is 22.6 Å². The Kier molecular flexibility index (Phi) is 4.37. The van der Waals surface area contributed by atoms with Crippen molar-refractivity contribution in [3.8, 4) is 0 Å². The number of rotatable bonds is 3. The molecule has 0 saturated heterocycles. The standard InChI is InChI=1S/C9H8F2INO2/c1-15-7(14)4-6-8(12)5(9(10)11)2-3-13-6/h2-3,9H,4H2,1H3. The first kappa shape index (κ1) is 12.3. The van der Waals surface area contributed by atoms with Gasteiger partial charge in [-0.05, 0) is 28.7 Å². The van der Waals surface area contributed by atoms with Gasteiger partial charge in [0.2, 0.25) is 0 Å². The number of methoxy groups -OCH3 is 1. The molecule has 0 bridgehead atoms. The minimum absolute atomic E-state index is 0.0880. The van der Waals surface area contributed by atoms with E-state index in [0.717, 1.165) is 0 Å². The summed E-state index contributed by atoms with van der Waals surface area (Å²) in [6.45, 7) is 0. The van der Waals surface area contributed by atoms with Gasteiger partial charge in [-0.1, -0.05) is 0 Å². The van der Waals surface area contributed by atoms with Crippen molar-refractivity contribution in [1.82, 2.24) is 4.98 Å². The Balaban J connectivity index is 2.99. The van der Waals surface area contributed by atoms with E-state index in [9.17, 15) is 13.6 Å². The van der Waals surface area contributed by atoms with Crippen LogP contribution in [0.4, 0.5) is 8.78 Å². The second-order valence-electron chi connectivity index (χ2n) is 2.71. The molecule has 0 aromatic carbocycles. The fourth-order valence-corrected chi connectivity index (χ4v) is 1.75. The number of pyridine rings is 1. The molecule has 6 heteroatoms. The number of ether oxygens (including phenoxy) is 1. The Morgan fingerprint density at radius 2 is 2.33 bits per heavy atom. The highest BCUT2D eigenvalue weighted by molar-refractivity contribution is 14.1. The fraction of sp³-hybridized carbons (Fsp3) is 0.333. The van der Waals surface area contributed by atoms with Crippen molar-refractivity contribution in [2.24, 2.45) is 0 Å². The van der Waals surface area contributed by atoms with Crippen LogP contribution in [0.2, 0.25) is 0 Å². The molecule has 0 aliphatic rings. The van der Waals surface area contributed by atoms with Crippen LogP contribution in [0.15, 0.2) is 12.3 Å². The van der Waals surface area contributed by atoms with Crippen LogP contribution in [0.3, 0.4) is 0 Å². The first-order valence-electron chi connectivity index (χ1n) is 4.04. The van der Waals surface area contributed by atoms with Gasteiger partial charge in [0.15, 0.2) is 0 Å². The zero-order chi connectivity index (χ0) is 11.4. The monoisotopic (exact) mass is 327 g/mol. The van der Waals surface area contributed by atoms with Crippen LogP contribution in [-0.2, 0) is 16.0 Å². The van der Waals surface area contributed by atoms with E-state index in [2.05, 4.69) is 9.72 Å². The van der Waals surface area contributed by atoms with Gasteiger partial charge in [0.25, 0.3) is 6.43 Å². The number of aromatic nitrogens is 1. The molecule has 1 rings (SSSR count). The molecule has 0 saturated carbocycles. The summed E-state index contributed by atoms with van der Waals surface area (Å²) in [5.41, 5.74) is 0.213. The SMILES string of the molecule is COC(=O)Cc1nccc(C(F)F)c1I. The molecular weight excluding hydrogens is 319 g/mol. The highest BCUT2D eigenvalue weighted by atomic mass is 127. The zero-order valence-corrected chi connectivity index (χ0v) is 9.99. The molecule has 0 aliphatic heterocycles. The number of hydrogen-bond acceptors (Lipinski definition) is 3. The van der Waals surface area contributed by atoms with Crippen LogP contribution in [0.25, 0.3) is 0 Å². The minimum atomic E-state index is -2.56. The third kappa shape index (κ3) is 3.08. The molecule has 0 fully saturated rings. The smallest absolute Gasteiger partial charge is 0.311 e. The maximum absolute atomic E-state index is 12.5. The molecule has 1 aromatic heterocycles. The second kappa shape index (κ2) is 5.34. The largest absolute Gasteiger partial charge is 0.469 e. The van der Waals surface area contributed by atoms with Gasteiger partial charge in [0, 0.05) is 15.3 Å². The van der Waals surface area contributed by atoms with Crippen molar-refractivity contribution < 1.29 is 18.3 Å². The van der Waals surface area contributed by atoms with Crippen LogP contribution in [0.1, 0.15) is 17.7 Å². The van der Waals surface area contributed by atoms with Gasteiger partial charge in [0.05, 0.1) is 19.2 Å². The van der Waals surface area contributed by atoms with Crippen LogP contribution in [0, 0.1) is 3.57 Å². The Hall–Kier alpha value is -0.790. The summed E-state index contributed by atoms with van der Waals surface area (Å²) in [5, 5.41) is 0. The van der Waals surface area contributed by atoms with Crippen molar-refractivity contribution in [1.29, 1.82) is 0 Å². The number of esters is 1. The molecule has 1 aromatic rings. The van der Waals surface area contributed by atoms with E-state index in [0.29, 0.717) is 9.26 Å². The molecular formula is C9H8F2INO2. The molecule has 15 heavy (non-hydrogen) atoms. The number of hydrogen-bond donors (Lipinski definition) is 0. The van der Waals surface area contributed by atoms with Gasteiger partial charge >= 0.3 is 5.97 Å². The number of carbonyl (C=O) groups excluding carboxylic acids is 1. The molecule has 0 unspecified atom stereocenters. The van der Waals surface area contributed by atoms with E-state index in [-0.39, 0.29) is 12.0 Å². The maximum Gasteiger partial charge on any atom is 0.311 e. The second-order valence-corrected chi connectivity index (χ2v) is 3.79. The van der Waals surface area contributed by atoms with E-state index in [4.69, 9.17) is 0 Å². The van der Waals surface area contributed by atoms with Crippen LogP contribution < -0.4 is 0 Å². The molecule has 0 atom stereocenters. The number of halogens is 3. The summed E-state index contributed by atoms with van der Waals surface area (Å²) in [7, 11) is 1.24. The molecule has 1 heterocycles. The maximum atomic E-state index is 12.5. The molecule has 0 spiro atoms. The van der Waals surface area contributed by atoms with E-state index in [1.807, 2.05) is 0 Å². The first-order valence-corrected chi connectivity index (χ1v) is 5.12. The van der Waals surface area contributed by atoms with Gasteiger partial charge < -0.3 is 4.74 Å². The Labute approximate surface area is 99.0 Å². The number of carbonyl (C=O) groups is 1. The zero-order valence-electron chi connectivity index (χ0n) is 7.84. The van der Waals surface area contributed by atoms with Crippen molar-refractivity contribution in [3.63, 3.8) is 0 Å². The topological polar surface area (TPSA) is 39.2 Å². The molecule has 3 nitrogen and oxygen atoms in total. The van der Waals surface area contributed by atoms with Gasteiger partial charge in [-0.3, -0.25) is 9.78 Å². The van der Waals surface area contributed by atoms with Crippen molar-refractivity contribution in [2.75, 3.05) is 7.11 Å². The van der Waals surface area contributed by atoms with Crippen molar-refractivity contribution in [2.45, 2.75) is 12.8 Å². The average Bonchev–Trinajstić information content (AvgIpc) is 2.20. The quantitative estimate of drug-likeness (QED) is 0.632. The van der Waals surface area contributed by atoms with Gasteiger partial charge in [-0.25, -0.2) is 8.78 Å². The lowest BCUT2D eigenvalue weighted by Crippen LogP contribution is -2.09. The minimum Gasteiger partial charge on any atom is -0.469 e. The van der Waals surface area contributed by atoms with Gasteiger partial charge in [-0.15, -0.1) is 0 Å². The molecule has 0 aliphatic carbocycles. The summed E-state index contributed by atoms with van der Waals surface area (Å²) < 4.78 is 29.7. The van der Waals surface area contributed by atoms with Gasteiger partial charge in [-0.2, -0.15) is 0 Å². The third-order valence-corrected chi connectivity index (χ3v) is 3.01. The Morgan fingerprint density at radius 1 is 1.67 bits per heavy atom. The fourth-order valence-electron chi connectivity index (χ4n) is 1.00. The summed E-state index contributed by atoms with van der Waals surface area (Å²) in [6, 6.07) is 1.24.